The van der Waals surface area contributed by atoms with Crippen molar-refractivity contribution in [2.24, 2.45) is 5.92 Å². The van der Waals surface area contributed by atoms with E-state index < -0.39 is 34.6 Å². The Labute approximate surface area is 277 Å². The number of halogens is 2. The molecular weight excluding hydrogens is 706 g/mol. The van der Waals surface area contributed by atoms with Crippen molar-refractivity contribution in [2.75, 3.05) is 0 Å². The number of hydrogen-bond donors (Lipinski definition) is 1. The van der Waals surface area contributed by atoms with Gasteiger partial charge in [0.1, 0.15) is 11.4 Å². The number of rotatable bonds is 9. The summed E-state index contributed by atoms with van der Waals surface area (Å²) in [4.78, 5) is 14.1. The summed E-state index contributed by atoms with van der Waals surface area (Å²) in [6.07, 6.45) is 7.17. The van der Waals surface area contributed by atoms with Crippen LogP contribution in [0.25, 0.3) is 28.0 Å². The van der Waals surface area contributed by atoms with Crippen molar-refractivity contribution < 1.29 is 13.4 Å². The van der Waals surface area contributed by atoms with E-state index in [4.69, 9.17) is 9.41 Å². The van der Waals surface area contributed by atoms with Gasteiger partial charge in [0, 0.05) is 34.3 Å². The molecule has 44 heavy (non-hydrogen) atoms. The molecule has 5 rings (SSSR count). The number of fused-ring (bicyclic) bond motifs is 1. The maximum Gasteiger partial charge on any atom is 0.192 e. The maximum absolute atomic E-state index is 13.5. The first-order chi connectivity index (χ1) is 20.5. The SMILES string of the molecule is CC(C)(C)[S@@+]([O-])NC(I)(c1cncc(-c2ccc3cnn(-c4cccc(CF)n4)c3c2)n1)C1CC(O[Si](C)(C)C(C)(C)C)C1. The monoisotopic (exact) mass is 748 g/mol. The predicted molar refractivity (Wildman–Crippen MR) is 186 cm³/mol. The summed E-state index contributed by atoms with van der Waals surface area (Å²) in [5, 5.41) is 5.58. The average Bonchev–Trinajstić information content (AvgIpc) is 3.37. The zero-order chi connectivity index (χ0) is 32.1. The van der Waals surface area contributed by atoms with Crippen molar-refractivity contribution in [3.63, 3.8) is 0 Å². The highest BCUT2D eigenvalue weighted by molar-refractivity contribution is 14.1. The molecule has 0 amide bonds. The number of alkyl halides is 2. The van der Waals surface area contributed by atoms with Gasteiger partial charge in [-0.2, -0.15) is 5.10 Å². The van der Waals surface area contributed by atoms with Crippen molar-refractivity contribution in [1.29, 1.82) is 0 Å². The lowest BCUT2D eigenvalue weighted by Crippen LogP contribution is -2.57. The number of hydrogen-bond acceptors (Lipinski definition) is 7. The fourth-order valence-electron chi connectivity index (χ4n) is 4.91. The Kier molecular flexibility index (Phi) is 9.35. The quantitative estimate of drug-likeness (QED) is 0.0614. The van der Waals surface area contributed by atoms with Crippen LogP contribution in [-0.4, -0.2) is 48.5 Å². The van der Waals surface area contributed by atoms with Crippen LogP contribution in [0, 0.1) is 5.92 Å². The van der Waals surface area contributed by atoms with E-state index in [1.165, 1.54) is 0 Å². The predicted octanol–water partition coefficient (Wildman–Crippen LogP) is 7.79. The lowest BCUT2D eigenvalue weighted by atomic mass is 9.76. The first-order valence-corrected chi connectivity index (χ1v) is 20.0. The minimum Gasteiger partial charge on any atom is -0.598 e. The minimum absolute atomic E-state index is 0.133. The smallest absolute Gasteiger partial charge is 0.192 e. The van der Waals surface area contributed by atoms with Crippen LogP contribution in [0.2, 0.25) is 18.1 Å². The zero-order valence-corrected chi connectivity index (χ0v) is 30.7. The second-order valence-corrected chi connectivity index (χ2v) is 22.5. The van der Waals surface area contributed by atoms with Gasteiger partial charge in [-0.15, -0.1) is 4.72 Å². The molecule has 12 heteroatoms. The highest BCUT2D eigenvalue weighted by Crippen LogP contribution is 2.50. The summed E-state index contributed by atoms with van der Waals surface area (Å²) in [5.41, 5.74) is 3.47. The van der Waals surface area contributed by atoms with E-state index in [-0.39, 0.29) is 17.1 Å². The van der Waals surface area contributed by atoms with E-state index >= 15 is 0 Å². The summed E-state index contributed by atoms with van der Waals surface area (Å²) in [5.74, 6) is 0.707. The average molecular weight is 749 g/mol. The molecule has 4 aromatic rings. The van der Waals surface area contributed by atoms with Crippen molar-refractivity contribution in [3.05, 3.63) is 66.4 Å². The van der Waals surface area contributed by atoms with Crippen LogP contribution in [0.3, 0.4) is 0 Å². The van der Waals surface area contributed by atoms with E-state index in [0.29, 0.717) is 17.2 Å². The normalized spacial score (nSPS) is 19.9. The Morgan fingerprint density at radius 1 is 1.07 bits per heavy atom. The van der Waals surface area contributed by atoms with E-state index in [0.717, 1.165) is 35.0 Å². The third kappa shape index (κ3) is 6.75. The molecule has 3 aromatic heterocycles. The molecule has 1 saturated carbocycles. The van der Waals surface area contributed by atoms with Crippen LogP contribution >= 0.6 is 22.6 Å². The molecule has 0 spiro atoms. The topological polar surface area (TPSA) is 101 Å². The van der Waals surface area contributed by atoms with Gasteiger partial charge in [0.15, 0.2) is 17.7 Å². The molecule has 236 valence electrons. The number of nitrogens with one attached hydrogen (secondary N) is 1. The molecule has 0 aliphatic heterocycles. The molecular formula is C32H42FIN6O2SSi. The van der Waals surface area contributed by atoms with Crippen molar-refractivity contribution in [1.82, 2.24) is 29.5 Å². The lowest BCUT2D eigenvalue weighted by molar-refractivity contribution is 0.0324. The van der Waals surface area contributed by atoms with Crippen LogP contribution in [-0.2, 0) is 26.0 Å². The Bertz CT molecular complexity index is 1640. The summed E-state index contributed by atoms with van der Waals surface area (Å²) in [6, 6.07) is 11.2. The summed E-state index contributed by atoms with van der Waals surface area (Å²) >= 11 is 1.07. The minimum atomic E-state index is -1.91. The molecule has 1 aliphatic carbocycles. The van der Waals surface area contributed by atoms with Gasteiger partial charge in [0.25, 0.3) is 0 Å². The molecule has 0 radical (unpaired) electrons. The maximum atomic E-state index is 13.5. The number of nitrogens with zero attached hydrogens (tertiary/aromatic N) is 5. The van der Waals surface area contributed by atoms with Gasteiger partial charge in [0.2, 0.25) is 0 Å². The van der Waals surface area contributed by atoms with Gasteiger partial charge in [-0.3, -0.25) is 4.98 Å². The number of benzene rings is 1. The fourth-order valence-corrected chi connectivity index (χ4v) is 8.51. The van der Waals surface area contributed by atoms with Gasteiger partial charge in [-0.05, 0) is 92.5 Å². The summed E-state index contributed by atoms with van der Waals surface area (Å²) in [6.45, 7) is 16.6. The van der Waals surface area contributed by atoms with Crippen LogP contribution < -0.4 is 4.72 Å². The Morgan fingerprint density at radius 3 is 2.45 bits per heavy atom. The molecule has 1 aromatic carbocycles. The van der Waals surface area contributed by atoms with Crippen molar-refractivity contribution >= 4 is 53.2 Å². The molecule has 2 atom stereocenters. The molecule has 1 unspecified atom stereocenters. The van der Waals surface area contributed by atoms with Crippen LogP contribution in [0.4, 0.5) is 4.39 Å². The third-order valence-electron chi connectivity index (χ3n) is 8.74. The first kappa shape index (κ1) is 33.4. The van der Waals surface area contributed by atoms with Crippen LogP contribution in [0.1, 0.15) is 65.8 Å². The Morgan fingerprint density at radius 2 is 1.80 bits per heavy atom. The molecule has 8 nitrogen and oxygen atoms in total. The van der Waals surface area contributed by atoms with E-state index in [2.05, 4.69) is 76.2 Å². The Balaban J connectivity index is 1.48. The van der Waals surface area contributed by atoms with E-state index in [1.54, 1.807) is 35.4 Å². The third-order valence-corrected chi connectivity index (χ3v) is 17.0. The summed E-state index contributed by atoms with van der Waals surface area (Å²) < 4.78 is 37.6. The zero-order valence-electron chi connectivity index (χ0n) is 26.7. The molecule has 3 heterocycles. The highest BCUT2D eigenvalue weighted by Gasteiger charge is 2.53. The standard InChI is InChI=1S/C32H42FIN6O2SSi/c1-30(2,3)43(41)39-32(34,23-15-25(16-23)42-44(7,8)31(4,5)6)28-20-35-19-26(38-28)21-12-13-22-18-36-40(27(22)14-21)29-11-9-10-24(17-33)37-29/h9-14,18-20,23,25,39H,15-17H2,1-8H3/t23?,25?,32?,43-/m1/s1. The fraction of sp³-hybridized carbons (Fsp3) is 0.500. The molecule has 0 bridgehead atoms. The molecule has 1 aliphatic rings. The Hall–Kier alpha value is -1.97. The van der Waals surface area contributed by atoms with Gasteiger partial charge in [-0.25, -0.2) is 19.0 Å². The second kappa shape index (κ2) is 12.3. The largest absolute Gasteiger partial charge is 0.598 e. The van der Waals surface area contributed by atoms with Gasteiger partial charge >= 0.3 is 0 Å². The van der Waals surface area contributed by atoms with Crippen molar-refractivity contribution in [2.45, 2.75) is 93.6 Å². The first-order valence-electron chi connectivity index (χ1n) is 14.9. The van der Waals surface area contributed by atoms with Gasteiger partial charge < -0.3 is 8.98 Å². The van der Waals surface area contributed by atoms with Gasteiger partial charge in [-0.1, -0.05) is 39.0 Å². The van der Waals surface area contributed by atoms with Gasteiger partial charge in [0.05, 0.1) is 41.2 Å². The lowest BCUT2D eigenvalue weighted by Gasteiger charge is -2.49. The number of aromatic nitrogens is 5. The molecule has 1 N–H and O–H groups in total. The van der Waals surface area contributed by atoms with E-state index in [1.807, 2.05) is 45.0 Å². The van der Waals surface area contributed by atoms with Crippen LogP contribution in [0.5, 0.6) is 0 Å². The van der Waals surface area contributed by atoms with E-state index in [9.17, 15) is 8.94 Å². The van der Waals surface area contributed by atoms with Crippen molar-refractivity contribution in [3.8, 4) is 17.1 Å². The molecule has 1 fully saturated rings. The number of pyridine rings is 1. The van der Waals surface area contributed by atoms with Crippen LogP contribution in [0.15, 0.2) is 55.0 Å². The molecule has 0 saturated heterocycles. The highest BCUT2D eigenvalue weighted by atomic mass is 127. The summed E-state index contributed by atoms with van der Waals surface area (Å²) in [7, 11) is -1.91. The second-order valence-electron chi connectivity index (χ2n) is 14.1.